The molecule has 1 saturated heterocycles. The lowest BCUT2D eigenvalue weighted by molar-refractivity contribution is -0.128. The quantitative estimate of drug-likeness (QED) is 0.513. The van der Waals surface area contributed by atoms with Crippen LogP contribution in [0.4, 0.5) is 0 Å². The van der Waals surface area contributed by atoms with E-state index >= 15 is 0 Å². The van der Waals surface area contributed by atoms with Gasteiger partial charge in [0, 0.05) is 18.2 Å². The fourth-order valence-electron chi connectivity index (χ4n) is 2.52. The molecule has 4 N–H and O–H groups in total. The van der Waals surface area contributed by atoms with Crippen LogP contribution in [0.15, 0.2) is 15.8 Å². The SMILES string of the molecule is CC[C@]1(COP(=O)(O)O)O[C@@H](n2cc(C)c(=O)[nH]c2=O)C[C@@H]1O. The van der Waals surface area contributed by atoms with Gasteiger partial charge in [0.05, 0.1) is 12.7 Å². The zero-order valence-corrected chi connectivity index (χ0v) is 13.5. The Hall–Kier alpha value is -1.29. The first kappa shape index (κ1) is 18.1. The molecule has 1 aliphatic heterocycles. The number of phosphoric ester groups is 1. The first-order valence-electron chi connectivity index (χ1n) is 6.96. The molecular formula is C12H19N2O8P. The van der Waals surface area contributed by atoms with Gasteiger partial charge in [0.25, 0.3) is 5.56 Å². The van der Waals surface area contributed by atoms with Gasteiger partial charge in [-0.25, -0.2) is 9.36 Å². The molecule has 0 aromatic carbocycles. The topological polar surface area (TPSA) is 151 Å². The molecule has 11 heteroatoms. The monoisotopic (exact) mass is 350 g/mol. The zero-order valence-electron chi connectivity index (χ0n) is 12.6. The smallest absolute Gasteiger partial charge is 0.390 e. The molecule has 0 spiro atoms. The van der Waals surface area contributed by atoms with Crippen LogP contribution in [0.3, 0.4) is 0 Å². The van der Waals surface area contributed by atoms with E-state index in [1.54, 1.807) is 6.92 Å². The highest BCUT2D eigenvalue weighted by Gasteiger charge is 2.49. The van der Waals surface area contributed by atoms with Crippen molar-refractivity contribution in [3.63, 3.8) is 0 Å². The summed E-state index contributed by atoms with van der Waals surface area (Å²) in [6, 6.07) is 0. The van der Waals surface area contributed by atoms with Gasteiger partial charge >= 0.3 is 13.5 Å². The Balaban J connectivity index is 2.29. The average Bonchev–Trinajstić information content (AvgIpc) is 2.77. The van der Waals surface area contributed by atoms with E-state index in [0.29, 0.717) is 5.56 Å². The molecule has 0 aliphatic carbocycles. The maximum Gasteiger partial charge on any atom is 0.469 e. The van der Waals surface area contributed by atoms with Crippen molar-refractivity contribution in [2.24, 2.45) is 0 Å². The van der Waals surface area contributed by atoms with E-state index in [2.05, 4.69) is 9.51 Å². The van der Waals surface area contributed by atoms with Gasteiger partial charge in [0.2, 0.25) is 0 Å². The highest BCUT2D eigenvalue weighted by atomic mass is 31.2. The maximum atomic E-state index is 11.9. The fraction of sp³-hybridized carbons (Fsp3) is 0.667. The van der Waals surface area contributed by atoms with Gasteiger partial charge in [-0.3, -0.25) is 18.9 Å². The lowest BCUT2D eigenvalue weighted by atomic mass is 9.95. The molecule has 0 radical (unpaired) electrons. The summed E-state index contributed by atoms with van der Waals surface area (Å²) in [6.07, 6.45) is -0.434. The predicted octanol–water partition coefficient (Wildman–Crippen LogP) is -0.617. The van der Waals surface area contributed by atoms with Gasteiger partial charge in [-0.2, -0.15) is 0 Å². The van der Waals surface area contributed by atoms with Crippen molar-refractivity contribution < 1.29 is 28.7 Å². The largest absolute Gasteiger partial charge is 0.469 e. The lowest BCUT2D eigenvalue weighted by Crippen LogP contribution is -2.43. The summed E-state index contributed by atoms with van der Waals surface area (Å²) in [5.74, 6) is 0. The Morgan fingerprint density at radius 3 is 2.74 bits per heavy atom. The standard InChI is InChI=1S/C12H19N2O8P/c1-3-12(6-21-23(18,19)20)8(15)4-9(22-12)14-5-7(2)10(16)13-11(14)17/h5,8-9,15H,3-4,6H2,1-2H3,(H,13,16,17)(H2,18,19,20)/t8-,9+,12+/m0/s1. The Kier molecular flexibility index (Phi) is 4.95. The number of aryl methyl sites for hydroxylation is 1. The second-order valence-corrected chi connectivity index (χ2v) is 6.72. The van der Waals surface area contributed by atoms with Gasteiger partial charge in [0.1, 0.15) is 11.8 Å². The van der Waals surface area contributed by atoms with Crippen LogP contribution in [0.5, 0.6) is 0 Å². The van der Waals surface area contributed by atoms with Crippen molar-refractivity contribution in [1.82, 2.24) is 9.55 Å². The van der Waals surface area contributed by atoms with Crippen LogP contribution >= 0.6 is 7.82 Å². The summed E-state index contributed by atoms with van der Waals surface area (Å²) < 4.78 is 22.2. The minimum Gasteiger partial charge on any atom is -0.390 e. The fourth-order valence-corrected chi connectivity index (χ4v) is 2.91. The number of H-pyrrole nitrogens is 1. The van der Waals surface area contributed by atoms with E-state index in [4.69, 9.17) is 14.5 Å². The van der Waals surface area contributed by atoms with E-state index < -0.39 is 43.6 Å². The van der Waals surface area contributed by atoms with E-state index in [0.717, 1.165) is 4.57 Å². The van der Waals surface area contributed by atoms with Crippen molar-refractivity contribution in [2.45, 2.75) is 44.6 Å². The molecule has 0 bridgehead atoms. The Morgan fingerprint density at radius 2 is 2.17 bits per heavy atom. The summed E-state index contributed by atoms with van der Waals surface area (Å²) in [4.78, 5) is 43.1. The van der Waals surface area contributed by atoms with Crippen LogP contribution in [0, 0.1) is 6.92 Å². The molecule has 130 valence electrons. The van der Waals surface area contributed by atoms with Crippen molar-refractivity contribution in [3.05, 3.63) is 32.6 Å². The molecule has 1 aromatic rings. The summed E-state index contributed by atoms with van der Waals surface area (Å²) in [6.45, 7) is 2.65. The van der Waals surface area contributed by atoms with Crippen LogP contribution in [-0.4, -0.2) is 42.8 Å². The van der Waals surface area contributed by atoms with E-state index in [1.165, 1.54) is 13.1 Å². The molecule has 2 rings (SSSR count). The van der Waals surface area contributed by atoms with Crippen LogP contribution in [0.25, 0.3) is 0 Å². The number of aromatic amines is 1. The number of hydrogen-bond acceptors (Lipinski definition) is 6. The second kappa shape index (κ2) is 6.31. The maximum absolute atomic E-state index is 11.9. The Labute approximate surface area is 130 Å². The first-order valence-corrected chi connectivity index (χ1v) is 8.49. The number of phosphoric acid groups is 1. The van der Waals surface area contributed by atoms with Crippen molar-refractivity contribution in [3.8, 4) is 0 Å². The van der Waals surface area contributed by atoms with Crippen LogP contribution < -0.4 is 11.2 Å². The van der Waals surface area contributed by atoms with Crippen LogP contribution in [-0.2, 0) is 13.8 Å². The number of aromatic nitrogens is 2. The number of hydrogen-bond donors (Lipinski definition) is 4. The number of rotatable bonds is 5. The van der Waals surface area contributed by atoms with Gasteiger partial charge in [-0.15, -0.1) is 0 Å². The zero-order chi connectivity index (χ0) is 17.4. The molecule has 10 nitrogen and oxygen atoms in total. The molecule has 0 amide bonds. The molecule has 0 unspecified atom stereocenters. The number of aliphatic hydroxyl groups excluding tert-OH is 1. The number of aliphatic hydroxyl groups is 1. The van der Waals surface area contributed by atoms with Crippen molar-refractivity contribution in [1.29, 1.82) is 0 Å². The van der Waals surface area contributed by atoms with E-state index in [-0.39, 0.29) is 12.8 Å². The predicted molar refractivity (Wildman–Crippen MR) is 77.8 cm³/mol. The molecule has 0 saturated carbocycles. The Bertz CT molecular complexity index is 737. The van der Waals surface area contributed by atoms with Gasteiger partial charge in [-0.05, 0) is 13.3 Å². The average molecular weight is 350 g/mol. The van der Waals surface area contributed by atoms with Crippen molar-refractivity contribution >= 4 is 7.82 Å². The number of ether oxygens (including phenoxy) is 1. The molecular weight excluding hydrogens is 331 g/mol. The molecule has 1 aliphatic rings. The third kappa shape index (κ3) is 3.79. The number of nitrogens with zero attached hydrogens (tertiary/aromatic N) is 1. The van der Waals surface area contributed by atoms with Crippen molar-refractivity contribution in [2.75, 3.05) is 6.61 Å². The third-order valence-corrected chi connectivity index (χ3v) is 4.40. The van der Waals surface area contributed by atoms with Crippen LogP contribution in [0.1, 0.15) is 31.6 Å². The highest BCUT2D eigenvalue weighted by Crippen LogP contribution is 2.43. The summed E-state index contributed by atoms with van der Waals surface area (Å²) in [7, 11) is -4.72. The summed E-state index contributed by atoms with van der Waals surface area (Å²) in [5, 5.41) is 10.2. The molecule has 23 heavy (non-hydrogen) atoms. The van der Waals surface area contributed by atoms with Crippen LogP contribution in [0.2, 0.25) is 0 Å². The van der Waals surface area contributed by atoms with Gasteiger partial charge < -0.3 is 19.6 Å². The Morgan fingerprint density at radius 1 is 1.52 bits per heavy atom. The molecule has 1 fully saturated rings. The lowest BCUT2D eigenvalue weighted by Gasteiger charge is -2.30. The molecule has 2 heterocycles. The van der Waals surface area contributed by atoms with E-state index in [1.807, 2.05) is 0 Å². The summed E-state index contributed by atoms with van der Waals surface area (Å²) >= 11 is 0. The third-order valence-electron chi connectivity index (χ3n) is 3.93. The molecule has 1 aromatic heterocycles. The summed E-state index contributed by atoms with van der Waals surface area (Å²) in [5.41, 5.74) is -2.27. The minimum absolute atomic E-state index is 0.0176. The van der Waals surface area contributed by atoms with E-state index in [9.17, 15) is 19.3 Å². The second-order valence-electron chi connectivity index (χ2n) is 5.49. The number of nitrogens with one attached hydrogen (secondary N) is 1. The first-order chi connectivity index (χ1) is 10.6. The normalized spacial score (nSPS) is 28.2. The van der Waals surface area contributed by atoms with Gasteiger partial charge in [0.15, 0.2) is 0 Å². The highest BCUT2D eigenvalue weighted by molar-refractivity contribution is 7.46. The van der Waals surface area contributed by atoms with Gasteiger partial charge in [-0.1, -0.05) is 6.92 Å². The minimum atomic E-state index is -4.72. The molecule has 3 atom stereocenters.